The molecular formula is C22H40. The molecule has 0 rings (SSSR count). The predicted octanol–water partition coefficient (Wildman–Crippen LogP) is 7.87. The number of hydrogen-bond donors (Lipinski definition) is 0. The van der Waals surface area contributed by atoms with Crippen LogP contribution in [-0.2, 0) is 0 Å². The third-order valence-electron chi connectivity index (χ3n) is 4.54. The van der Waals surface area contributed by atoms with Crippen LogP contribution in [0.4, 0.5) is 0 Å². The summed E-state index contributed by atoms with van der Waals surface area (Å²) in [5.41, 5.74) is 0.318. The lowest BCUT2D eigenvalue weighted by Crippen LogP contribution is -2.07. The molecule has 22 heavy (non-hydrogen) atoms. The van der Waals surface area contributed by atoms with Crippen LogP contribution in [0, 0.1) is 11.3 Å². The second-order valence-corrected chi connectivity index (χ2v) is 7.45. The molecule has 1 atom stereocenters. The van der Waals surface area contributed by atoms with E-state index in [1.165, 1.54) is 64.2 Å². The third kappa shape index (κ3) is 14.2. The Hall–Kier alpha value is -0.780. The number of hydrogen-bond acceptors (Lipinski definition) is 0. The van der Waals surface area contributed by atoms with Crippen molar-refractivity contribution in [3.05, 3.63) is 37.0 Å². The Balaban J connectivity index is 3.42. The molecule has 0 amide bonds. The lowest BCUT2D eigenvalue weighted by molar-refractivity contribution is 0.372. The summed E-state index contributed by atoms with van der Waals surface area (Å²) in [6, 6.07) is 0. The van der Waals surface area contributed by atoms with E-state index in [4.69, 9.17) is 0 Å². The van der Waals surface area contributed by atoms with Crippen LogP contribution in [0.25, 0.3) is 0 Å². The highest BCUT2D eigenvalue weighted by Gasteiger charge is 2.12. The van der Waals surface area contributed by atoms with Crippen molar-refractivity contribution < 1.29 is 0 Å². The molecule has 0 N–H and O–H groups in total. The molecule has 0 spiro atoms. The molecule has 0 saturated carbocycles. The molecular weight excluding hydrogens is 264 g/mol. The first-order chi connectivity index (χ1) is 10.5. The summed E-state index contributed by atoms with van der Waals surface area (Å²) in [6.07, 6.45) is 24.4. The largest absolute Gasteiger partial charge is 0.103 e. The highest BCUT2D eigenvalue weighted by molar-refractivity contribution is 4.87. The van der Waals surface area contributed by atoms with Crippen molar-refractivity contribution in [2.45, 2.75) is 91.9 Å². The Morgan fingerprint density at radius 1 is 0.864 bits per heavy atom. The predicted molar refractivity (Wildman–Crippen MR) is 103 cm³/mol. The van der Waals surface area contributed by atoms with E-state index in [1.807, 2.05) is 0 Å². The summed E-state index contributed by atoms with van der Waals surface area (Å²) in [6.45, 7) is 13.0. The third-order valence-corrected chi connectivity index (χ3v) is 4.54. The van der Waals surface area contributed by atoms with Gasteiger partial charge in [0.25, 0.3) is 0 Å². The van der Waals surface area contributed by atoms with Crippen molar-refractivity contribution in [2.75, 3.05) is 0 Å². The van der Waals surface area contributed by atoms with Gasteiger partial charge in [0, 0.05) is 0 Å². The highest BCUT2D eigenvalue weighted by atomic mass is 14.2. The first-order valence-electron chi connectivity index (χ1n) is 9.41. The quantitative estimate of drug-likeness (QED) is 0.226. The minimum absolute atomic E-state index is 0.318. The van der Waals surface area contributed by atoms with Crippen LogP contribution in [0.1, 0.15) is 91.9 Å². The maximum Gasteiger partial charge on any atom is -0.0178 e. The Bertz CT molecular complexity index is 306. The van der Waals surface area contributed by atoms with Gasteiger partial charge in [-0.2, -0.15) is 0 Å². The van der Waals surface area contributed by atoms with Gasteiger partial charge in [0.15, 0.2) is 0 Å². The van der Waals surface area contributed by atoms with E-state index < -0.39 is 0 Å². The molecule has 0 bridgehead atoms. The van der Waals surface area contributed by atoms with E-state index >= 15 is 0 Å². The summed E-state index contributed by atoms with van der Waals surface area (Å²) in [7, 11) is 0. The monoisotopic (exact) mass is 304 g/mol. The van der Waals surface area contributed by atoms with Gasteiger partial charge in [0.1, 0.15) is 0 Å². The van der Waals surface area contributed by atoms with Crippen LogP contribution < -0.4 is 0 Å². The van der Waals surface area contributed by atoms with Gasteiger partial charge in [-0.25, -0.2) is 0 Å². The van der Waals surface area contributed by atoms with Crippen LogP contribution in [0.5, 0.6) is 0 Å². The summed E-state index contributed by atoms with van der Waals surface area (Å²) in [5, 5.41) is 0. The minimum Gasteiger partial charge on any atom is -0.103 e. The first kappa shape index (κ1) is 21.2. The second-order valence-electron chi connectivity index (χ2n) is 7.45. The minimum atomic E-state index is 0.318. The van der Waals surface area contributed by atoms with Crippen LogP contribution in [0.15, 0.2) is 37.0 Å². The molecule has 0 radical (unpaired) electrons. The molecule has 0 fully saturated rings. The van der Waals surface area contributed by atoms with Crippen molar-refractivity contribution in [3.8, 4) is 0 Å². The number of allylic oxidation sites excluding steroid dienone is 5. The normalized spacial score (nSPS) is 14.0. The topological polar surface area (TPSA) is 0 Å². The van der Waals surface area contributed by atoms with Gasteiger partial charge in [-0.05, 0) is 50.4 Å². The molecule has 0 aromatic carbocycles. The van der Waals surface area contributed by atoms with E-state index in [0.29, 0.717) is 5.41 Å². The average Bonchev–Trinajstić information content (AvgIpc) is 2.49. The molecule has 0 heterocycles. The van der Waals surface area contributed by atoms with Gasteiger partial charge in [0.2, 0.25) is 0 Å². The summed E-state index contributed by atoms with van der Waals surface area (Å²) in [4.78, 5) is 0. The molecule has 0 aliphatic rings. The molecule has 1 unspecified atom stereocenters. The lowest BCUT2D eigenvalue weighted by atomic mass is 9.85. The molecule has 0 heteroatoms. The molecule has 0 aliphatic carbocycles. The maximum atomic E-state index is 3.93. The van der Waals surface area contributed by atoms with Crippen molar-refractivity contribution in [1.29, 1.82) is 0 Å². The van der Waals surface area contributed by atoms with Gasteiger partial charge < -0.3 is 0 Å². The number of unbranched alkanes of at least 4 members (excludes halogenated alkanes) is 4. The van der Waals surface area contributed by atoms with Crippen LogP contribution in [-0.4, -0.2) is 0 Å². The van der Waals surface area contributed by atoms with Crippen LogP contribution >= 0.6 is 0 Å². The zero-order valence-corrected chi connectivity index (χ0v) is 15.7. The number of rotatable bonds is 14. The van der Waals surface area contributed by atoms with Crippen LogP contribution in [0.2, 0.25) is 0 Å². The van der Waals surface area contributed by atoms with Gasteiger partial charge >= 0.3 is 0 Å². The Kier molecular flexibility index (Phi) is 13.4. The SMILES string of the molecule is C=CC(C)(C)CCCC(C)CCCCCC=CCCC=CC. The fourth-order valence-corrected chi connectivity index (χ4v) is 2.68. The van der Waals surface area contributed by atoms with E-state index in [-0.39, 0.29) is 0 Å². The standard InChI is InChI=1S/C22H40/c1-6-8-9-10-11-12-13-14-15-16-18-21(3)19-17-20-22(4,5)7-2/h6-8,11-12,21H,2,9-10,13-20H2,1,3-5H3. The molecule has 0 aromatic rings. The van der Waals surface area contributed by atoms with E-state index in [1.54, 1.807) is 0 Å². The van der Waals surface area contributed by atoms with Gasteiger partial charge in [-0.1, -0.05) is 83.3 Å². The van der Waals surface area contributed by atoms with Crippen molar-refractivity contribution in [2.24, 2.45) is 11.3 Å². The van der Waals surface area contributed by atoms with Crippen molar-refractivity contribution >= 4 is 0 Å². The summed E-state index contributed by atoms with van der Waals surface area (Å²) < 4.78 is 0. The smallest absolute Gasteiger partial charge is 0.0178 e. The summed E-state index contributed by atoms with van der Waals surface area (Å²) >= 11 is 0. The van der Waals surface area contributed by atoms with Gasteiger partial charge in [-0.3, -0.25) is 0 Å². The fraction of sp³-hybridized carbons (Fsp3) is 0.727. The molecule has 0 aromatic heterocycles. The van der Waals surface area contributed by atoms with E-state index in [0.717, 1.165) is 5.92 Å². The van der Waals surface area contributed by atoms with Crippen molar-refractivity contribution in [3.63, 3.8) is 0 Å². The first-order valence-corrected chi connectivity index (χ1v) is 9.41. The Morgan fingerprint density at radius 2 is 1.50 bits per heavy atom. The average molecular weight is 305 g/mol. The maximum absolute atomic E-state index is 3.93. The molecule has 128 valence electrons. The summed E-state index contributed by atoms with van der Waals surface area (Å²) in [5.74, 6) is 0.886. The van der Waals surface area contributed by atoms with E-state index in [2.05, 4.69) is 64.7 Å². The zero-order valence-electron chi connectivity index (χ0n) is 15.7. The highest BCUT2D eigenvalue weighted by Crippen LogP contribution is 2.26. The molecule has 0 aliphatic heterocycles. The van der Waals surface area contributed by atoms with Crippen molar-refractivity contribution in [1.82, 2.24) is 0 Å². The fourth-order valence-electron chi connectivity index (χ4n) is 2.68. The van der Waals surface area contributed by atoms with E-state index in [9.17, 15) is 0 Å². The lowest BCUT2D eigenvalue weighted by Gasteiger charge is -2.20. The van der Waals surface area contributed by atoms with Gasteiger partial charge in [-0.15, -0.1) is 6.58 Å². The molecule has 0 saturated heterocycles. The Labute approximate surface area is 140 Å². The van der Waals surface area contributed by atoms with Crippen LogP contribution in [0.3, 0.4) is 0 Å². The van der Waals surface area contributed by atoms with Gasteiger partial charge in [0.05, 0.1) is 0 Å². The second kappa shape index (κ2) is 13.9. The zero-order chi connectivity index (χ0) is 16.7. The Morgan fingerprint density at radius 3 is 2.18 bits per heavy atom. The molecule has 0 nitrogen and oxygen atoms in total.